The standard InChI is InChI=1S/2C5H13O7P.C3H6N6.H3O4P/c2*6-1-5(2-7,3-8)4-12-13(9,10)11;4-1-7-2(5)9-3(6)8-1;1-5(2,3)4/h2*6-8H,1-4H2,(H2,9,10,11);(H6,4,5,6,7,8,9);(H3,1,2,3,4). The Morgan fingerprint density at radius 2 is 0.700 bits per heavy atom. The van der Waals surface area contributed by atoms with Gasteiger partial charge in [0.1, 0.15) is 0 Å². The van der Waals surface area contributed by atoms with Gasteiger partial charge in [-0.1, -0.05) is 0 Å². The zero-order chi connectivity index (χ0) is 32.4. The predicted molar refractivity (Wildman–Crippen MR) is 131 cm³/mol. The monoisotopic (exact) mass is 656 g/mol. The average molecular weight is 656 g/mol. The summed E-state index contributed by atoms with van der Waals surface area (Å²) in [5.41, 5.74) is 12.6. The van der Waals surface area contributed by atoms with E-state index >= 15 is 0 Å². The predicted octanol–water partition coefficient (Wildman–Crippen LogP) is -6.19. The Labute approximate surface area is 225 Å². The molecule has 0 aromatic carbocycles. The molecule has 0 saturated heterocycles. The molecule has 0 aliphatic heterocycles. The molecule has 240 valence electrons. The minimum Gasteiger partial charge on any atom is -0.396 e. The molecule has 0 amide bonds. The number of rotatable bonds is 12. The van der Waals surface area contributed by atoms with Crippen molar-refractivity contribution in [1.29, 1.82) is 0 Å². The van der Waals surface area contributed by atoms with E-state index in [1.54, 1.807) is 0 Å². The van der Waals surface area contributed by atoms with Crippen molar-refractivity contribution >= 4 is 41.3 Å². The van der Waals surface area contributed by atoms with Crippen LogP contribution < -0.4 is 17.2 Å². The fourth-order valence-corrected chi connectivity index (χ4v) is 2.33. The van der Waals surface area contributed by atoms with Crippen molar-refractivity contribution in [2.45, 2.75) is 0 Å². The molecule has 0 radical (unpaired) electrons. The van der Waals surface area contributed by atoms with Crippen LogP contribution in [0.25, 0.3) is 0 Å². The van der Waals surface area contributed by atoms with Gasteiger partial charge in [-0.05, 0) is 0 Å². The average Bonchev–Trinajstić information content (AvgIpc) is 2.79. The van der Waals surface area contributed by atoms with Gasteiger partial charge >= 0.3 is 23.5 Å². The van der Waals surface area contributed by atoms with Gasteiger partial charge in [0, 0.05) is 0 Å². The van der Waals surface area contributed by atoms with Crippen LogP contribution in [-0.2, 0) is 22.7 Å². The number of anilines is 3. The SMILES string of the molecule is Nc1nc(N)nc(N)n1.O=P(O)(O)O.O=P(O)(O)OCC(CO)(CO)CO.O=P(O)(O)OCC(CO)(CO)CO. The van der Waals surface area contributed by atoms with Crippen LogP contribution in [0.4, 0.5) is 17.8 Å². The highest BCUT2D eigenvalue weighted by Crippen LogP contribution is 2.38. The fraction of sp³-hybridized carbons (Fsp3) is 0.769. The van der Waals surface area contributed by atoms with E-state index in [9.17, 15) is 9.13 Å². The molecule has 0 atom stereocenters. The minimum absolute atomic E-state index is 0.0417. The van der Waals surface area contributed by atoms with Gasteiger partial charge in [-0.3, -0.25) is 9.05 Å². The van der Waals surface area contributed by atoms with Gasteiger partial charge in [-0.25, -0.2) is 13.7 Å². The first kappa shape index (κ1) is 43.0. The van der Waals surface area contributed by atoms with Crippen LogP contribution in [0, 0.1) is 10.8 Å². The number of hydrogen-bond donors (Lipinski definition) is 16. The Kier molecular flexibility index (Phi) is 21.0. The largest absolute Gasteiger partial charge is 0.469 e. The summed E-state index contributed by atoms with van der Waals surface area (Å²) in [6, 6.07) is 0. The second-order valence-corrected chi connectivity index (χ2v) is 10.9. The van der Waals surface area contributed by atoms with Gasteiger partial charge in [-0.2, -0.15) is 15.0 Å². The summed E-state index contributed by atoms with van der Waals surface area (Å²) < 4.78 is 37.5. The molecular formula is C13H35N6O18P3. The van der Waals surface area contributed by atoms with E-state index in [0.29, 0.717) is 0 Å². The summed E-state index contributed by atoms with van der Waals surface area (Å²) in [6.45, 7) is -4.97. The Morgan fingerprint density at radius 3 is 0.825 bits per heavy atom. The molecule has 0 aliphatic carbocycles. The lowest BCUT2D eigenvalue weighted by atomic mass is 9.93. The summed E-state index contributed by atoms with van der Waals surface area (Å²) in [5, 5.41) is 52.3. The van der Waals surface area contributed by atoms with Crippen molar-refractivity contribution < 1.29 is 87.6 Å². The molecule has 0 bridgehead atoms. The van der Waals surface area contributed by atoms with Gasteiger partial charge in [0.25, 0.3) is 0 Å². The maximum atomic E-state index is 10.3. The lowest BCUT2D eigenvalue weighted by molar-refractivity contribution is -0.0325. The van der Waals surface area contributed by atoms with E-state index in [0.717, 1.165) is 0 Å². The van der Waals surface area contributed by atoms with Crippen LogP contribution in [0.1, 0.15) is 0 Å². The molecular weight excluding hydrogens is 621 g/mol. The Hall–Kier alpha value is -1.50. The first-order valence-corrected chi connectivity index (χ1v) is 14.4. The van der Waals surface area contributed by atoms with E-state index in [-0.39, 0.29) is 17.8 Å². The number of aliphatic hydroxyl groups excluding tert-OH is 6. The molecule has 0 fully saturated rings. The lowest BCUT2D eigenvalue weighted by Crippen LogP contribution is -2.38. The molecule has 19 N–H and O–H groups in total. The van der Waals surface area contributed by atoms with Crippen molar-refractivity contribution in [2.24, 2.45) is 10.8 Å². The highest BCUT2D eigenvalue weighted by atomic mass is 31.2. The van der Waals surface area contributed by atoms with Crippen LogP contribution in [0.15, 0.2) is 0 Å². The Morgan fingerprint density at radius 1 is 0.525 bits per heavy atom. The van der Waals surface area contributed by atoms with Crippen molar-refractivity contribution in [3.8, 4) is 0 Å². The Bertz CT molecular complexity index is 848. The first-order chi connectivity index (χ1) is 18.0. The molecule has 0 spiro atoms. The number of nitrogens with two attached hydrogens (primary N) is 3. The van der Waals surface area contributed by atoms with Gasteiger partial charge in [0.05, 0.1) is 63.7 Å². The molecule has 40 heavy (non-hydrogen) atoms. The normalized spacial score (nSPS) is 12.2. The van der Waals surface area contributed by atoms with Crippen LogP contribution in [-0.4, -0.2) is 133 Å². The number of aliphatic hydroxyl groups is 6. The number of hydrogen-bond acceptors (Lipinski definition) is 17. The maximum absolute atomic E-state index is 10.3. The number of nitrogen functional groups attached to an aromatic ring is 3. The van der Waals surface area contributed by atoms with Gasteiger partial charge in [-0.15, -0.1) is 0 Å². The third-order valence-corrected chi connectivity index (χ3v) is 4.71. The first-order valence-electron chi connectivity index (χ1n) is 9.82. The number of phosphoric acid groups is 3. The van der Waals surface area contributed by atoms with Crippen molar-refractivity contribution in [3.05, 3.63) is 0 Å². The topological polar surface area (TPSA) is 449 Å². The highest BCUT2D eigenvalue weighted by Gasteiger charge is 2.32. The molecule has 1 aromatic rings. The van der Waals surface area contributed by atoms with Gasteiger partial charge in [0.15, 0.2) is 0 Å². The molecule has 1 rings (SSSR count). The van der Waals surface area contributed by atoms with Crippen LogP contribution in [0.3, 0.4) is 0 Å². The summed E-state index contributed by atoms with van der Waals surface area (Å²) in [4.78, 5) is 65.3. The van der Waals surface area contributed by atoms with Crippen LogP contribution in [0.2, 0.25) is 0 Å². The van der Waals surface area contributed by atoms with E-state index < -0.39 is 87.2 Å². The molecule has 27 heteroatoms. The second kappa shape index (κ2) is 19.6. The molecule has 0 saturated carbocycles. The van der Waals surface area contributed by atoms with E-state index in [2.05, 4.69) is 24.0 Å². The lowest BCUT2D eigenvalue weighted by Gasteiger charge is -2.26. The van der Waals surface area contributed by atoms with E-state index in [1.165, 1.54) is 0 Å². The third-order valence-electron chi connectivity index (χ3n) is 3.78. The molecule has 1 heterocycles. The van der Waals surface area contributed by atoms with Crippen molar-refractivity contribution in [2.75, 3.05) is 70.1 Å². The number of aromatic nitrogens is 3. The van der Waals surface area contributed by atoms with Crippen molar-refractivity contribution in [1.82, 2.24) is 15.0 Å². The van der Waals surface area contributed by atoms with Crippen molar-refractivity contribution in [3.63, 3.8) is 0 Å². The summed E-state index contributed by atoms with van der Waals surface area (Å²) in [6.07, 6.45) is 0. The smallest absolute Gasteiger partial charge is 0.396 e. The van der Waals surface area contributed by atoms with E-state index in [1.807, 2.05) is 0 Å². The maximum Gasteiger partial charge on any atom is 0.469 e. The molecule has 0 unspecified atom stereocenters. The van der Waals surface area contributed by atoms with E-state index in [4.69, 9.17) is 86.7 Å². The zero-order valence-corrected chi connectivity index (χ0v) is 23.1. The fourth-order valence-electron chi connectivity index (χ4n) is 1.44. The third kappa shape index (κ3) is 25.5. The highest BCUT2D eigenvalue weighted by molar-refractivity contribution is 7.46. The van der Waals surface area contributed by atoms with Gasteiger partial charge in [0.2, 0.25) is 17.8 Å². The molecule has 24 nitrogen and oxygen atoms in total. The zero-order valence-electron chi connectivity index (χ0n) is 20.4. The number of nitrogens with zero attached hydrogens (tertiary/aromatic N) is 3. The Balaban J connectivity index is -0.000000479. The minimum atomic E-state index is -4.64. The number of phosphoric ester groups is 2. The quantitative estimate of drug-likeness (QED) is 0.0930. The summed E-state index contributed by atoms with van der Waals surface area (Å²) >= 11 is 0. The summed E-state index contributed by atoms with van der Waals surface area (Å²) in [5.74, 6) is 0.125. The molecule has 0 aliphatic rings. The molecule has 1 aromatic heterocycles. The van der Waals surface area contributed by atoms with Gasteiger partial charge < -0.3 is 82.1 Å². The van der Waals surface area contributed by atoms with Crippen LogP contribution >= 0.6 is 23.5 Å². The summed E-state index contributed by atoms with van der Waals surface area (Å²) in [7, 11) is -13.9. The van der Waals surface area contributed by atoms with Crippen LogP contribution in [0.5, 0.6) is 0 Å². The second-order valence-electron chi connectivity index (χ2n) is 7.40.